The molecule has 0 aromatic heterocycles. The molecule has 124 valence electrons. The van der Waals surface area contributed by atoms with Crippen molar-refractivity contribution in [2.75, 3.05) is 39.3 Å². The molecule has 1 N–H and O–H groups in total. The van der Waals surface area contributed by atoms with Gasteiger partial charge in [0.15, 0.2) is 0 Å². The van der Waals surface area contributed by atoms with Crippen molar-refractivity contribution < 1.29 is 4.74 Å². The molecular weight excluding hydrogens is 260 g/mol. The molecule has 0 radical (unpaired) electrons. The first-order valence-corrected chi connectivity index (χ1v) is 9.33. The Morgan fingerprint density at radius 3 is 2.29 bits per heavy atom. The Balaban J connectivity index is 1.86. The second-order valence-electron chi connectivity index (χ2n) is 7.13. The van der Waals surface area contributed by atoms with Crippen LogP contribution in [0.25, 0.3) is 0 Å². The van der Waals surface area contributed by atoms with Gasteiger partial charge < -0.3 is 15.0 Å². The lowest BCUT2D eigenvalue weighted by molar-refractivity contribution is 0.00203. The number of piperidine rings is 1. The smallest absolute Gasteiger partial charge is 0.0599 e. The van der Waals surface area contributed by atoms with Gasteiger partial charge in [0.25, 0.3) is 0 Å². The summed E-state index contributed by atoms with van der Waals surface area (Å²) in [5, 5.41) is 3.65. The average molecular weight is 296 g/mol. The first kappa shape index (κ1) is 17.2. The zero-order chi connectivity index (χ0) is 15.0. The van der Waals surface area contributed by atoms with E-state index >= 15 is 0 Å². The summed E-state index contributed by atoms with van der Waals surface area (Å²) in [6, 6.07) is 0. The van der Waals surface area contributed by atoms with Crippen molar-refractivity contribution in [3.05, 3.63) is 0 Å². The van der Waals surface area contributed by atoms with E-state index in [4.69, 9.17) is 4.74 Å². The third-order valence-electron chi connectivity index (χ3n) is 5.41. The van der Waals surface area contributed by atoms with Crippen LogP contribution in [0.15, 0.2) is 0 Å². The number of hydrogen-bond donors (Lipinski definition) is 1. The summed E-state index contributed by atoms with van der Waals surface area (Å²) in [4.78, 5) is 2.72. The third kappa shape index (κ3) is 5.54. The Bertz CT molecular complexity index is 266. The summed E-state index contributed by atoms with van der Waals surface area (Å²) in [5.41, 5.74) is 0.533. The summed E-state index contributed by atoms with van der Waals surface area (Å²) < 4.78 is 5.79. The van der Waals surface area contributed by atoms with Gasteiger partial charge >= 0.3 is 0 Å². The molecule has 0 aromatic rings. The Labute approximate surface area is 131 Å². The van der Waals surface area contributed by atoms with Gasteiger partial charge in [0.2, 0.25) is 0 Å². The Hall–Kier alpha value is -0.120. The number of nitrogens with zero attached hydrogens (tertiary/aromatic N) is 1. The number of hydrogen-bond acceptors (Lipinski definition) is 3. The lowest BCUT2D eigenvalue weighted by atomic mass is 9.79. The minimum absolute atomic E-state index is 0.519. The van der Waals surface area contributed by atoms with Crippen LogP contribution in [-0.2, 0) is 4.74 Å². The van der Waals surface area contributed by atoms with Crippen LogP contribution in [0.4, 0.5) is 0 Å². The SMILES string of the molecule is CCNCC1(CN2CCC(OCC)CC2)CCCCCC1. The molecule has 0 unspecified atom stereocenters. The van der Waals surface area contributed by atoms with Gasteiger partial charge in [-0.25, -0.2) is 0 Å². The van der Waals surface area contributed by atoms with Crippen molar-refractivity contribution in [2.45, 2.75) is 71.3 Å². The molecule has 2 fully saturated rings. The van der Waals surface area contributed by atoms with Gasteiger partial charge in [-0.3, -0.25) is 0 Å². The number of likely N-dealkylation sites (tertiary alicyclic amines) is 1. The predicted molar refractivity (Wildman–Crippen MR) is 89.8 cm³/mol. The molecule has 0 spiro atoms. The molecule has 0 aromatic carbocycles. The van der Waals surface area contributed by atoms with Crippen LogP contribution in [0, 0.1) is 5.41 Å². The highest BCUT2D eigenvalue weighted by Crippen LogP contribution is 2.36. The van der Waals surface area contributed by atoms with Crippen LogP contribution >= 0.6 is 0 Å². The van der Waals surface area contributed by atoms with E-state index in [1.807, 2.05) is 0 Å². The molecule has 2 aliphatic rings. The van der Waals surface area contributed by atoms with Crippen molar-refractivity contribution in [1.29, 1.82) is 0 Å². The first-order chi connectivity index (χ1) is 10.3. The summed E-state index contributed by atoms with van der Waals surface area (Å²) in [6.45, 7) is 11.3. The van der Waals surface area contributed by atoms with Crippen molar-refractivity contribution in [3.63, 3.8) is 0 Å². The molecule has 3 heteroatoms. The zero-order valence-electron chi connectivity index (χ0n) is 14.3. The van der Waals surface area contributed by atoms with Crippen LogP contribution in [0.2, 0.25) is 0 Å². The number of rotatable bonds is 7. The highest BCUT2D eigenvalue weighted by Gasteiger charge is 2.33. The quantitative estimate of drug-likeness (QED) is 0.728. The lowest BCUT2D eigenvalue weighted by Gasteiger charge is -2.41. The largest absolute Gasteiger partial charge is 0.378 e. The van der Waals surface area contributed by atoms with Crippen molar-refractivity contribution >= 4 is 0 Å². The molecule has 0 amide bonds. The molecule has 0 bridgehead atoms. The van der Waals surface area contributed by atoms with Gasteiger partial charge in [-0.05, 0) is 44.6 Å². The molecule has 3 nitrogen and oxygen atoms in total. The van der Waals surface area contributed by atoms with Crippen LogP contribution in [0.1, 0.15) is 65.2 Å². The van der Waals surface area contributed by atoms with E-state index in [9.17, 15) is 0 Å². The van der Waals surface area contributed by atoms with Crippen molar-refractivity contribution in [3.8, 4) is 0 Å². The van der Waals surface area contributed by atoms with Crippen LogP contribution < -0.4 is 5.32 Å². The molecule has 1 saturated carbocycles. The molecule has 1 heterocycles. The van der Waals surface area contributed by atoms with Crippen LogP contribution in [-0.4, -0.2) is 50.3 Å². The van der Waals surface area contributed by atoms with Gasteiger partial charge in [-0.2, -0.15) is 0 Å². The number of nitrogens with one attached hydrogen (secondary N) is 1. The van der Waals surface area contributed by atoms with E-state index in [1.54, 1.807) is 0 Å². The van der Waals surface area contributed by atoms with Gasteiger partial charge in [-0.1, -0.05) is 32.6 Å². The second-order valence-corrected chi connectivity index (χ2v) is 7.13. The van der Waals surface area contributed by atoms with E-state index in [1.165, 1.54) is 77.5 Å². The Morgan fingerprint density at radius 1 is 1.05 bits per heavy atom. The lowest BCUT2D eigenvalue weighted by Crippen LogP contribution is -2.47. The number of ether oxygens (including phenoxy) is 1. The molecule has 1 saturated heterocycles. The maximum Gasteiger partial charge on any atom is 0.0599 e. The fourth-order valence-corrected chi connectivity index (χ4v) is 4.20. The molecule has 1 aliphatic carbocycles. The minimum atomic E-state index is 0.519. The van der Waals surface area contributed by atoms with Gasteiger partial charge in [0.1, 0.15) is 0 Å². The van der Waals surface area contributed by atoms with E-state index in [-0.39, 0.29) is 0 Å². The highest BCUT2D eigenvalue weighted by atomic mass is 16.5. The topological polar surface area (TPSA) is 24.5 Å². The second kappa shape index (κ2) is 9.12. The standard InChI is InChI=1S/C18H36N2O/c1-3-19-15-18(11-7-5-6-8-12-18)16-20-13-9-17(10-14-20)21-4-2/h17,19H,3-16H2,1-2H3. The van der Waals surface area contributed by atoms with Crippen molar-refractivity contribution in [1.82, 2.24) is 10.2 Å². The fraction of sp³-hybridized carbons (Fsp3) is 1.00. The van der Waals surface area contributed by atoms with Crippen LogP contribution in [0.3, 0.4) is 0 Å². The molecular formula is C18H36N2O. The van der Waals surface area contributed by atoms with E-state index in [0.29, 0.717) is 11.5 Å². The predicted octanol–water partition coefficient (Wildman–Crippen LogP) is 3.44. The molecule has 1 aliphatic heterocycles. The normalized spacial score (nSPS) is 24.9. The Morgan fingerprint density at radius 2 is 1.71 bits per heavy atom. The molecule has 0 atom stereocenters. The molecule has 21 heavy (non-hydrogen) atoms. The van der Waals surface area contributed by atoms with Crippen LogP contribution in [0.5, 0.6) is 0 Å². The van der Waals surface area contributed by atoms with E-state index in [0.717, 1.165) is 13.2 Å². The maximum absolute atomic E-state index is 5.79. The summed E-state index contributed by atoms with van der Waals surface area (Å²) in [5.74, 6) is 0. The van der Waals surface area contributed by atoms with Crippen molar-refractivity contribution in [2.24, 2.45) is 5.41 Å². The fourth-order valence-electron chi connectivity index (χ4n) is 4.20. The van der Waals surface area contributed by atoms with E-state index in [2.05, 4.69) is 24.1 Å². The zero-order valence-corrected chi connectivity index (χ0v) is 14.3. The van der Waals surface area contributed by atoms with Gasteiger partial charge in [0.05, 0.1) is 6.10 Å². The first-order valence-electron chi connectivity index (χ1n) is 9.33. The monoisotopic (exact) mass is 296 g/mol. The van der Waals surface area contributed by atoms with Gasteiger partial charge in [0, 0.05) is 32.8 Å². The van der Waals surface area contributed by atoms with Gasteiger partial charge in [-0.15, -0.1) is 0 Å². The highest BCUT2D eigenvalue weighted by molar-refractivity contribution is 4.88. The maximum atomic E-state index is 5.79. The Kier molecular flexibility index (Phi) is 7.48. The summed E-state index contributed by atoms with van der Waals surface area (Å²) in [6.07, 6.45) is 11.6. The summed E-state index contributed by atoms with van der Waals surface area (Å²) >= 11 is 0. The van der Waals surface area contributed by atoms with E-state index < -0.39 is 0 Å². The molecule has 2 rings (SSSR count). The third-order valence-corrected chi connectivity index (χ3v) is 5.41. The summed E-state index contributed by atoms with van der Waals surface area (Å²) in [7, 11) is 0. The average Bonchev–Trinajstić information content (AvgIpc) is 2.74. The minimum Gasteiger partial charge on any atom is -0.378 e.